The van der Waals surface area contributed by atoms with Gasteiger partial charge in [0.2, 0.25) is 11.8 Å². The van der Waals surface area contributed by atoms with Crippen molar-refractivity contribution in [1.82, 2.24) is 20.6 Å². The Hall–Kier alpha value is -1.36. The highest BCUT2D eigenvalue weighted by Crippen LogP contribution is 2.29. The van der Waals surface area contributed by atoms with Crippen LogP contribution in [0.1, 0.15) is 38.5 Å². The fourth-order valence-electron chi connectivity index (χ4n) is 2.50. The Morgan fingerprint density at radius 3 is 1.56 bits per heavy atom. The van der Waals surface area contributed by atoms with E-state index in [4.69, 9.17) is 0 Å². The van der Waals surface area contributed by atoms with Gasteiger partial charge in [-0.3, -0.25) is 9.59 Å². The fraction of sp³-hybridized carbons (Fsp3) is 0.455. The summed E-state index contributed by atoms with van der Waals surface area (Å²) in [7, 11) is 6.49. The zero-order chi connectivity index (χ0) is 22.7. The first kappa shape index (κ1) is 26.9. The van der Waals surface area contributed by atoms with Crippen LogP contribution in [0.5, 0.6) is 0 Å². The molecule has 2 heterocycles. The van der Waals surface area contributed by atoms with Crippen LogP contribution in [-0.4, -0.2) is 46.4 Å². The Labute approximate surface area is 206 Å². The van der Waals surface area contributed by atoms with E-state index in [9.17, 15) is 9.59 Å². The molecule has 0 aliphatic carbocycles. The van der Waals surface area contributed by atoms with Gasteiger partial charge in [-0.1, -0.05) is 46.6 Å². The van der Waals surface area contributed by atoms with E-state index in [0.29, 0.717) is 25.9 Å². The molecule has 0 saturated heterocycles. The van der Waals surface area contributed by atoms with Crippen LogP contribution in [0.15, 0.2) is 58.8 Å². The number of nitrogens with zero attached hydrogens (tertiary/aromatic N) is 2. The zero-order valence-electron chi connectivity index (χ0n) is 18.0. The van der Waals surface area contributed by atoms with Gasteiger partial charge in [0.25, 0.3) is 0 Å². The second-order valence-electron chi connectivity index (χ2n) is 6.76. The molecule has 2 amide bonds. The maximum atomic E-state index is 11.8. The van der Waals surface area contributed by atoms with E-state index in [1.807, 2.05) is 36.4 Å². The Bertz CT molecular complexity index is 704. The molecule has 2 N–H and O–H groups in total. The Kier molecular flexibility index (Phi) is 15.2. The van der Waals surface area contributed by atoms with Crippen molar-refractivity contribution in [3.8, 4) is 0 Å². The van der Waals surface area contributed by atoms with Crippen molar-refractivity contribution in [3.05, 3.63) is 48.8 Å². The van der Waals surface area contributed by atoms with Gasteiger partial charge in [0.15, 0.2) is 0 Å². The number of amides is 2. The summed E-state index contributed by atoms with van der Waals surface area (Å²) in [6.07, 6.45) is 8.63. The SMILES string of the molecule is O=C(CCSSc1ccccn1)NCCCCCCNC(=O)CCSSc1ccccn1. The number of aromatic nitrogens is 2. The van der Waals surface area contributed by atoms with Crippen LogP contribution in [0.4, 0.5) is 0 Å². The summed E-state index contributed by atoms with van der Waals surface area (Å²) in [5.41, 5.74) is 0. The van der Waals surface area contributed by atoms with Crippen LogP contribution in [-0.2, 0) is 9.59 Å². The largest absolute Gasteiger partial charge is 0.356 e. The summed E-state index contributed by atoms with van der Waals surface area (Å²) < 4.78 is 0. The van der Waals surface area contributed by atoms with Gasteiger partial charge in [0.05, 0.1) is 0 Å². The van der Waals surface area contributed by atoms with Crippen molar-refractivity contribution >= 4 is 55.0 Å². The monoisotopic (exact) mass is 510 g/mol. The zero-order valence-corrected chi connectivity index (χ0v) is 21.3. The van der Waals surface area contributed by atoms with Crippen molar-refractivity contribution in [3.63, 3.8) is 0 Å². The number of carbonyl (C=O) groups excluding carboxylic acids is 2. The molecule has 0 bridgehead atoms. The maximum Gasteiger partial charge on any atom is 0.220 e. The molecule has 0 saturated carbocycles. The average molecular weight is 511 g/mol. The van der Waals surface area contributed by atoms with E-state index < -0.39 is 0 Å². The summed E-state index contributed by atoms with van der Waals surface area (Å²) in [4.78, 5) is 32.2. The first-order valence-corrected chi connectivity index (χ1v) is 15.3. The fourth-order valence-corrected chi connectivity index (χ4v) is 6.24. The van der Waals surface area contributed by atoms with Crippen LogP contribution in [0.2, 0.25) is 0 Å². The van der Waals surface area contributed by atoms with Gasteiger partial charge < -0.3 is 10.6 Å². The number of unbranched alkanes of at least 4 members (excludes halogenated alkanes) is 3. The lowest BCUT2D eigenvalue weighted by Crippen LogP contribution is -2.25. The lowest BCUT2D eigenvalue weighted by atomic mass is 10.2. The molecule has 174 valence electrons. The van der Waals surface area contributed by atoms with Gasteiger partial charge in [-0.2, -0.15) is 0 Å². The van der Waals surface area contributed by atoms with Crippen molar-refractivity contribution < 1.29 is 9.59 Å². The van der Waals surface area contributed by atoms with Gasteiger partial charge in [-0.05, 0) is 58.7 Å². The first-order chi connectivity index (χ1) is 15.7. The Morgan fingerprint density at radius 1 is 0.688 bits per heavy atom. The normalized spacial score (nSPS) is 10.6. The summed E-state index contributed by atoms with van der Waals surface area (Å²) in [6, 6.07) is 11.6. The third kappa shape index (κ3) is 13.9. The molecule has 0 fully saturated rings. The topological polar surface area (TPSA) is 84.0 Å². The minimum Gasteiger partial charge on any atom is -0.356 e. The lowest BCUT2D eigenvalue weighted by Gasteiger charge is -2.06. The quantitative estimate of drug-likeness (QED) is 0.221. The van der Waals surface area contributed by atoms with E-state index in [0.717, 1.165) is 47.2 Å². The molecule has 0 radical (unpaired) electrons. The van der Waals surface area contributed by atoms with Crippen molar-refractivity contribution in [2.24, 2.45) is 0 Å². The van der Waals surface area contributed by atoms with E-state index in [2.05, 4.69) is 20.6 Å². The summed E-state index contributed by atoms with van der Waals surface area (Å²) in [5, 5.41) is 7.88. The minimum absolute atomic E-state index is 0.102. The van der Waals surface area contributed by atoms with Gasteiger partial charge in [0.1, 0.15) is 10.1 Å². The number of carbonyl (C=O) groups is 2. The predicted octanol–water partition coefficient (Wildman–Crippen LogP) is 5.23. The smallest absolute Gasteiger partial charge is 0.220 e. The van der Waals surface area contributed by atoms with Crippen molar-refractivity contribution in [2.45, 2.75) is 48.6 Å². The summed E-state index contributed by atoms with van der Waals surface area (Å²) in [5.74, 6) is 1.75. The molecule has 2 aromatic rings. The molecule has 6 nitrogen and oxygen atoms in total. The molecule has 0 atom stereocenters. The van der Waals surface area contributed by atoms with Crippen LogP contribution >= 0.6 is 43.2 Å². The first-order valence-electron chi connectivity index (χ1n) is 10.7. The number of rotatable bonds is 17. The van der Waals surface area contributed by atoms with Crippen LogP contribution in [0.25, 0.3) is 0 Å². The third-order valence-corrected chi connectivity index (χ3v) is 8.67. The van der Waals surface area contributed by atoms with Gasteiger partial charge in [-0.25, -0.2) is 9.97 Å². The van der Waals surface area contributed by atoms with Gasteiger partial charge >= 0.3 is 0 Å². The second-order valence-corrected chi connectivity index (χ2v) is 11.6. The predicted molar refractivity (Wildman–Crippen MR) is 139 cm³/mol. The highest BCUT2D eigenvalue weighted by Gasteiger charge is 2.03. The highest BCUT2D eigenvalue weighted by molar-refractivity contribution is 8.77. The Morgan fingerprint density at radius 2 is 1.16 bits per heavy atom. The van der Waals surface area contributed by atoms with E-state index in [1.165, 1.54) is 0 Å². The molecule has 10 heteroatoms. The molecular formula is C22H30N4O2S4. The standard InChI is InChI=1S/C22H30N4O2S4/c27-19(11-17-29-31-21-9-3-7-15-25-21)23-13-5-1-2-6-14-24-20(28)12-18-30-32-22-10-4-8-16-26-22/h3-4,7-10,15-16H,1-2,5-6,11-14,17-18H2,(H,23,27)(H,24,28). The minimum atomic E-state index is 0.102. The molecule has 2 rings (SSSR count). The maximum absolute atomic E-state index is 11.8. The highest BCUT2D eigenvalue weighted by atomic mass is 33.1. The van der Waals surface area contributed by atoms with Crippen LogP contribution in [0, 0.1) is 0 Å². The molecule has 0 unspecified atom stereocenters. The molecule has 0 spiro atoms. The average Bonchev–Trinajstić information content (AvgIpc) is 2.82. The number of pyridine rings is 2. The second kappa shape index (κ2) is 18.1. The van der Waals surface area contributed by atoms with Crippen LogP contribution < -0.4 is 10.6 Å². The Balaban J connectivity index is 1.32. The van der Waals surface area contributed by atoms with Crippen molar-refractivity contribution in [1.29, 1.82) is 0 Å². The van der Waals surface area contributed by atoms with E-state index >= 15 is 0 Å². The number of hydrogen-bond donors (Lipinski definition) is 2. The van der Waals surface area contributed by atoms with Crippen LogP contribution in [0.3, 0.4) is 0 Å². The number of hydrogen-bond acceptors (Lipinski definition) is 8. The van der Waals surface area contributed by atoms with Gasteiger partial charge in [0, 0.05) is 49.8 Å². The molecular weight excluding hydrogens is 481 g/mol. The summed E-state index contributed by atoms with van der Waals surface area (Å²) in [6.45, 7) is 1.43. The van der Waals surface area contributed by atoms with Gasteiger partial charge in [-0.15, -0.1) is 0 Å². The molecule has 32 heavy (non-hydrogen) atoms. The van der Waals surface area contributed by atoms with E-state index in [1.54, 1.807) is 55.6 Å². The third-order valence-electron chi connectivity index (χ3n) is 4.14. The molecule has 0 aromatic carbocycles. The molecule has 2 aromatic heterocycles. The number of nitrogens with one attached hydrogen (secondary N) is 2. The molecule has 0 aliphatic rings. The van der Waals surface area contributed by atoms with E-state index in [-0.39, 0.29) is 11.8 Å². The summed E-state index contributed by atoms with van der Waals surface area (Å²) >= 11 is 0. The molecule has 0 aliphatic heterocycles. The lowest BCUT2D eigenvalue weighted by molar-refractivity contribution is -0.121. The van der Waals surface area contributed by atoms with Crippen molar-refractivity contribution in [2.75, 3.05) is 24.6 Å².